The molecule has 0 heterocycles. The van der Waals surface area contributed by atoms with E-state index < -0.39 is 18.0 Å². The number of carboxylic acids is 1. The number of aryl methyl sites for hydroxylation is 1. The summed E-state index contributed by atoms with van der Waals surface area (Å²) in [6.07, 6.45) is -0.616. The highest BCUT2D eigenvalue weighted by atomic mass is 16.5. The molecule has 34 heavy (non-hydrogen) atoms. The van der Waals surface area contributed by atoms with Gasteiger partial charge in [0.15, 0.2) is 0 Å². The van der Waals surface area contributed by atoms with Crippen LogP contribution in [0.15, 0.2) is 66.7 Å². The van der Waals surface area contributed by atoms with Crippen molar-refractivity contribution >= 4 is 23.7 Å². The molecule has 0 unspecified atom stereocenters. The van der Waals surface area contributed by atoms with Crippen molar-refractivity contribution in [1.29, 1.82) is 0 Å². The molecular weight excluding hydrogens is 432 g/mol. The second-order valence-corrected chi connectivity index (χ2v) is 7.77. The average molecular weight is 454 g/mol. The summed E-state index contributed by atoms with van der Waals surface area (Å²) >= 11 is 0. The Morgan fingerprint density at radius 1 is 0.971 bits per heavy atom. The summed E-state index contributed by atoms with van der Waals surface area (Å²) in [5.74, 6) is 2.50. The number of hydrogen-bond acceptors (Lipinski definition) is 4. The number of rotatable bonds is 5. The molecule has 0 fully saturated rings. The summed E-state index contributed by atoms with van der Waals surface area (Å²) in [6.45, 7) is 1.88. The summed E-state index contributed by atoms with van der Waals surface area (Å²) in [5, 5.41) is 13.7. The number of carbonyl (C=O) groups is 3. The second kappa shape index (κ2) is 9.92. The van der Waals surface area contributed by atoms with Crippen LogP contribution < -0.4 is 10.6 Å². The van der Waals surface area contributed by atoms with E-state index in [-0.39, 0.29) is 19.1 Å². The highest BCUT2D eigenvalue weighted by Crippen LogP contribution is 2.44. The average Bonchev–Trinajstić information content (AvgIpc) is 3.15. The largest absolute Gasteiger partial charge is 0.472 e. The van der Waals surface area contributed by atoms with Crippen molar-refractivity contribution in [1.82, 2.24) is 5.32 Å². The van der Waals surface area contributed by atoms with Gasteiger partial charge in [-0.1, -0.05) is 60.5 Å². The first-order chi connectivity index (χ1) is 16.4. The molecule has 7 nitrogen and oxygen atoms in total. The molecule has 170 valence electrons. The van der Waals surface area contributed by atoms with Gasteiger partial charge in [0.25, 0.3) is 5.91 Å². The number of fused-ring (bicyclic) bond motifs is 3. The van der Waals surface area contributed by atoms with Crippen LogP contribution in [0.5, 0.6) is 0 Å². The maximum atomic E-state index is 12.6. The molecule has 0 aliphatic heterocycles. The van der Waals surface area contributed by atoms with Crippen LogP contribution in [0.1, 0.15) is 33.0 Å². The van der Waals surface area contributed by atoms with E-state index in [1.807, 2.05) is 42.3 Å². The fourth-order valence-electron chi connectivity index (χ4n) is 3.99. The van der Waals surface area contributed by atoms with Crippen molar-refractivity contribution in [2.75, 3.05) is 18.5 Å². The van der Waals surface area contributed by atoms with Crippen LogP contribution in [-0.2, 0) is 9.53 Å². The van der Waals surface area contributed by atoms with Crippen molar-refractivity contribution in [3.05, 3.63) is 89.0 Å². The number of carbonyl (C=O) groups excluding carboxylic acids is 2. The molecule has 3 aromatic carbocycles. The van der Waals surface area contributed by atoms with Gasteiger partial charge in [-0.2, -0.15) is 0 Å². The number of benzene rings is 3. The Labute approximate surface area is 196 Å². The van der Waals surface area contributed by atoms with E-state index in [4.69, 9.17) is 9.84 Å². The molecule has 3 N–H and O–H groups in total. The quantitative estimate of drug-likeness (QED) is 0.502. The lowest BCUT2D eigenvalue weighted by Gasteiger charge is -2.15. The molecule has 1 aliphatic carbocycles. The summed E-state index contributed by atoms with van der Waals surface area (Å²) in [4.78, 5) is 35.3. The van der Waals surface area contributed by atoms with Crippen LogP contribution in [0.4, 0.5) is 10.5 Å². The van der Waals surface area contributed by atoms with Gasteiger partial charge in [0.05, 0.1) is 6.54 Å². The van der Waals surface area contributed by atoms with Crippen molar-refractivity contribution < 1.29 is 24.2 Å². The van der Waals surface area contributed by atoms with Gasteiger partial charge in [0.1, 0.15) is 6.61 Å². The molecule has 2 amide bonds. The molecule has 0 atom stereocenters. The van der Waals surface area contributed by atoms with E-state index in [1.54, 1.807) is 19.1 Å². The van der Waals surface area contributed by atoms with Crippen LogP contribution in [0.25, 0.3) is 11.1 Å². The maximum Gasteiger partial charge on any atom is 0.411 e. The van der Waals surface area contributed by atoms with E-state index >= 15 is 0 Å². The number of carboxylic acid groups (broad SMARTS) is 1. The third-order valence-corrected chi connectivity index (χ3v) is 5.61. The first kappa shape index (κ1) is 22.6. The minimum absolute atomic E-state index is 0.0525. The molecule has 0 saturated heterocycles. The van der Waals surface area contributed by atoms with Gasteiger partial charge in [0.2, 0.25) is 0 Å². The highest BCUT2D eigenvalue weighted by molar-refractivity contribution is 5.97. The number of aliphatic carboxylic acids is 1. The number of amides is 2. The van der Waals surface area contributed by atoms with Gasteiger partial charge < -0.3 is 15.2 Å². The number of nitrogens with one attached hydrogen (secondary N) is 2. The van der Waals surface area contributed by atoms with Crippen LogP contribution >= 0.6 is 0 Å². The van der Waals surface area contributed by atoms with Gasteiger partial charge >= 0.3 is 12.1 Å². The van der Waals surface area contributed by atoms with E-state index in [2.05, 4.69) is 28.7 Å². The fraction of sp³-hybridized carbons (Fsp3) is 0.148. The summed E-state index contributed by atoms with van der Waals surface area (Å²) in [7, 11) is 0. The third-order valence-electron chi connectivity index (χ3n) is 5.61. The molecule has 0 aromatic heterocycles. The normalized spacial score (nSPS) is 11.4. The topological polar surface area (TPSA) is 105 Å². The van der Waals surface area contributed by atoms with Crippen LogP contribution in [-0.4, -0.2) is 36.2 Å². The highest BCUT2D eigenvalue weighted by Gasteiger charge is 2.29. The molecule has 0 saturated carbocycles. The minimum atomic E-state index is -1.26. The molecular formula is C27H22N2O5. The Morgan fingerprint density at radius 2 is 1.62 bits per heavy atom. The van der Waals surface area contributed by atoms with Gasteiger partial charge in [-0.15, -0.1) is 0 Å². The Bertz CT molecular complexity index is 1290. The lowest BCUT2D eigenvalue weighted by atomic mass is 9.98. The van der Waals surface area contributed by atoms with Crippen molar-refractivity contribution in [2.24, 2.45) is 0 Å². The summed E-state index contributed by atoms with van der Waals surface area (Å²) in [5.41, 5.74) is 6.05. The number of anilines is 1. The SMILES string of the molecule is Cc1ccc(C(=O)NCC#CC(=O)O)cc1NC(=O)OCC1c2ccccc2-c2ccccc21. The van der Waals surface area contributed by atoms with Crippen LogP contribution in [0.3, 0.4) is 0 Å². The van der Waals surface area contributed by atoms with Crippen molar-refractivity contribution in [2.45, 2.75) is 12.8 Å². The van der Waals surface area contributed by atoms with Gasteiger partial charge in [0, 0.05) is 23.1 Å². The van der Waals surface area contributed by atoms with Gasteiger partial charge in [-0.3, -0.25) is 10.1 Å². The van der Waals surface area contributed by atoms with E-state index in [9.17, 15) is 14.4 Å². The predicted molar refractivity (Wildman–Crippen MR) is 128 cm³/mol. The molecule has 4 rings (SSSR count). The molecule has 3 aromatic rings. The predicted octanol–water partition coefficient (Wildman–Crippen LogP) is 4.17. The molecule has 0 radical (unpaired) electrons. The van der Waals surface area contributed by atoms with Gasteiger partial charge in [-0.25, -0.2) is 9.59 Å². The lowest BCUT2D eigenvalue weighted by molar-refractivity contribution is -0.130. The zero-order chi connectivity index (χ0) is 24.1. The Balaban J connectivity index is 1.41. The monoisotopic (exact) mass is 454 g/mol. The standard InChI is InChI=1S/C27H22N2O5/c1-17-12-13-18(26(32)28-14-6-11-25(30)31)15-24(17)29-27(33)34-16-23-21-9-4-2-7-19(21)20-8-3-5-10-22(20)23/h2-5,7-10,12-13,15,23H,14,16H2,1H3,(H,28,32)(H,29,33)(H,30,31). The first-order valence-corrected chi connectivity index (χ1v) is 10.7. The number of hydrogen-bond donors (Lipinski definition) is 3. The zero-order valence-corrected chi connectivity index (χ0v) is 18.4. The first-order valence-electron chi connectivity index (χ1n) is 10.7. The Kier molecular flexibility index (Phi) is 6.60. The maximum absolute atomic E-state index is 12.6. The van der Waals surface area contributed by atoms with Crippen LogP contribution in [0.2, 0.25) is 0 Å². The molecule has 0 spiro atoms. The Morgan fingerprint density at radius 3 is 2.26 bits per heavy atom. The lowest BCUT2D eigenvalue weighted by Crippen LogP contribution is -2.24. The summed E-state index contributed by atoms with van der Waals surface area (Å²) in [6, 6.07) is 21.0. The molecule has 0 bridgehead atoms. The third kappa shape index (κ3) is 4.92. The van der Waals surface area contributed by atoms with E-state index in [0.717, 1.165) is 27.8 Å². The van der Waals surface area contributed by atoms with E-state index in [1.165, 1.54) is 6.07 Å². The zero-order valence-electron chi connectivity index (χ0n) is 18.4. The smallest absolute Gasteiger partial charge is 0.411 e. The Hall–Kier alpha value is -4.57. The van der Waals surface area contributed by atoms with Crippen LogP contribution in [0, 0.1) is 18.8 Å². The van der Waals surface area contributed by atoms with E-state index in [0.29, 0.717) is 11.3 Å². The second-order valence-electron chi connectivity index (χ2n) is 7.77. The van der Waals surface area contributed by atoms with Gasteiger partial charge in [-0.05, 0) is 46.9 Å². The minimum Gasteiger partial charge on any atom is -0.472 e. The van der Waals surface area contributed by atoms with Crippen molar-refractivity contribution in [3.63, 3.8) is 0 Å². The van der Waals surface area contributed by atoms with Crippen molar-refractivity contribution in [3.8, 4) is 23.0 Å². The molecule has 1 aliphatic rings. The summed E-state index contributed by atoms with van der Waals surface area (Å²) < 4.78 is 5.58. The fourth-order valence-corrected chi connectivity index (χ4v) is 3.99. The number of ether oxygens (including phenoxy) is 1. The molecule has 7 heteroatoms.